The Kier molecular flexibility index (Phi) is 2.88. The number of amides is 1. The number of carboxylic acids is 1. The largest absolute Gasteiger partial charge is 0.478 e. The van der Waals surface area contributed by atoms with Crippen molar-refractivity contribution >= 4 is 12.1 Å². The third-order valence-corrected chi connectivity index (χ3v) is 2.75. The number of alkyl carbamates (subject to hydrolysis) is 1. The number of halogens is 3. The average Bonchev–Trinajstić information content (AvgIpc) is 2.72. The van der Waals surface area contributed by atoms with Crippen LogP contribution in [0.1, 0.15) is 11.1 Å². The van der Waals surface area contributed by atoms with Crippen molar-refractivity contribution in [1.29, 1.82) is 0 Å². The first-order valence-corrected chi connectivity index (χ1v) is 5.14. The van der Waals surface area contributed by atoms with E-state index in [-0.39, 0.29) is 5.56 Å². The lowest BCUT2D eigenvalue weighted by Gasteiger charge is -2.22. The molecular weight excluding hydrogens is 267 g/mol. The lowest BCUT2D eigenvalue weighted by atomic mass is 9.92. The summed E-state index contributed by atoms with van der Waals surface area (Å²) in [6.45, 7) is -0.428. The molecule has 1 aliphatic rings. The van der Waals surface area contributed by atoms with E-state index in [1.165, 1.54) is 6.07 Å². The molecule has 1 heterocycles. The maximum atomic E-state index is 12.6. The van der Waals surface area contributed by atoms with Crippen LogP contribution in [0.3, 0.4) is 0 Å². The van der Waals surface area contributed by atoms with E-state index in [0.29, 0.717) is 6.07 Å². The fourth-order valence-electron chi connectivity index (χ4n) is 1.78. The van der Waals surface area contributed by atoms with E-state index in [1.807, 2.05) is 0 Å². The normalized spacial score (nSPS) is 22.8. The van der Waals surface area contributed by atoms with Gasteiger partial charge in [-0.1, -0.05) is 12.1 Å². The van der Waals surface area contributed by atoms with Gasteiger partial charge in [0.15, 0.2) is 0 Å². The molecule has 1 amide bonds. The van der Waals surface area contributed by atoms with Crippen molar-refractivity contribution in [1.82, 2.24) is 5.32 Å². The highest BCUT2D eigenvalue weighted by molar-refractivity contribution is 5.86. The SMILES string of the molecule is O=C1NCC(C(=O)O)(c2cccc(C(F)(F)F)c2)O1. The Morgan fingerprint density at radius 2 is 2.11 bits per heavy atom. The van der Waals surface area contributed by atoms with Gasteiger partial charge in [-0.3, -0.25) is 0 Å². The van der Waals surface area contributed by atoms with Crippen LogP contribution < -0.4 is 5.32 Å². The quantitative estimate of drug-likeness (QED) is 0.861. The van der Waals surface area contributed by atoms with E-state index in [0.717, 1.165) is 12.1 Å². The molecular formula is C11H8F3NO4. The summed E-state index contributed by atoms with van der Waals surface area (Å²) in [4.78, 5) is 22.2. The molecule has 8 heteroatoms. The molecule has 1 aliphatic heterocycles. The van der Waals surface area contributed by atoms with Gasteiger partial charge in [0.1, 0.15) is 0 Å². The summed E-state index contributed by atoms with van der Waals surface area (Å²) in [5.74, 6) is -1.54. The Morgan fingerprint density at radius 3 is 2.58 bits per heavy atom. The fourth-order valence-corrected chi connectivity index (χ4v) is 1.78. The number of hydrogen-bond donors (Lipinski definition) is 2. The Labute approximate surface area is 105 Å². The van der Waals surface area contributed by atoms with E-state index in [9.17, 15) is 22.8 Å². The molecule has 1 saturated heterocycles. The standard InChI is InChI=1S/C11H8F3NO4/c12-11(13,14)7-3-1-2-6(4-7)10(8(16)17)5-15-9(18)19-10/h1-4H,5H2,(H,15,18)(H,16,17). The highest BCUT2D eigenvalue weighted by Gasteiger charge is 2.50. The Hall–Kier alpha value is -2.25. The number of carboxylic acid groups (broad SMARTS) is 1. The van der Waals surface area contributed by atoms with Crippen LogP contribution in [0.4, 0.5) is 18.0 Å². The molecule has 0 aromatic heterocycles. The summed E-state index contributed by atoms with van der Waals surface area (Å²) in [6.07, 6.45) is -5.59. The van der Waals surface area contributed by atoms with Crippen LogP contribution in [-0.2, 0) is 21.3 Å². The molecule has 0 radical (unpaired) electrons. The first-order chi connectivity index (χ1) is 8.75. The summed E-state index contributed by atoms with van der Waals surface area (Å²) >= 11 is 0. The summed E-state index contributed by atoms with van der Waals surface area (Å²) in [7, 11) is 0. The second kappa shape index (κ2) is 4.15. The second-order valence-electron chi connectivity index (χ2n) is 3.95. The molecule has 0 aliphatic carbocycles. The number of ether oxygens (including phenoxy) is 1. The van der Waals surface area contributed by atoms with E-state index >= 15 is 0 Å². The first kappa shape index (κ1) is 13.2. The van der Waals surface area contributed by atoms with Crippen molar-refractivity contribution in [3.8, 4) is 0 Å². The lowest BCUT2D eigenvalue weighted by molar-refractivity contribution is -0.156. The van der Waals surface area contributed by atoms with Crippen LogP contribution in [-0.4, -0.2) is 23.7 Å². The van der Waals surface area contributed by atoms with E-state index in [2.05, 4.69) is 10.1 Å². The Balaban J connectivity index is 2.50. The number of carbonyl (C=O) groups excluding carboxylic acids is 1. The van der Waals surface area contributed by atoms with E-state index < -0.39 is 35.9 Å². The molecule has 2 N–H and O–H groups in total. The molecule has 5 nitrogen and oxygen atoms in total. The number of aliphatic carboxylic acids is 1. The van der Waals surface area contributed by atoms with Crippen molar-refractivity contribution in [2.75, 3.05) is 6.54 Å². The third kappa shape index (κ3) is 2.20. The van der Waals surface area contributed by atoms with Crippen LogP contribution in [0.2, 0.25) is 0 Å². The Bertz CT molecular complexity index is 543. The zero-order valence-corrected chi connectivity index (χ0v) is 9.32. The van der Waals surface area contributed by atoms with Crippen LogP contribution in [0.25, 0.3) is 0 Å². The summed E-state index contributed by atoms with van der Waals surface area (Å²) < 4.78 is 42.4. The molecule has 0 saturated carbocycles. The van der Waals surface area contributed by atoms with Crippen molar-refractivity contribution in [2.45, 2.75) is 11.8 Å². The van der Waals surface area contributed by atoms with Gasteiger partial charge in [0.25, 0.3) is 5.60 Å². The number of nitrogens with one attached hydrogen (secondary N) is 1. The Morgan fingerprint density at radius 1 is 1.42 bits per heavy atom. The van der Waals surface area contributed by atoms with Gasteiger partial charge in [-0.15, -0.1) is 0 Å². The number of carbonyl (C=O) groups is 2. The molecule has 1 atom stereocenters. The van der Waals surface area contributed by atoms with Crippen LogP contribution in [0.15, 0.2) is 24.3 Å². The summed E-state index contributed by atoms with van der Waals surface area (Å²) in [5, 5.41) is 11.3. The summed E-state index contributed by atoms with van der Waals surface area (Å²) in [5.41, 5.74) is -3.38. The smallest absolute Gasteiger partial charge is 0.416 e. The number of alkyl halides is 3. The highest BCUT2D eigenvalue weighted by atomic mass is 19.4. The van der Waals surface area contributed by atoms with Crippen molar-refractivity contribution < 1.29 is 32.6 Å². The number of cyclic esters (lactones) is 1. The molecule has 19 heavy (non-hydrogen) atoms. The van der Waals surface area contributed by atoms with Crippen molar-refractivity contribution in [3.05, 3.63) is 35.4 Å². The van der Waals surface area contributed by atoms with Gasteiger partial charge in [0.2, 0.25) is 0 Å². The zero-order chi connectivity index (χ0) is 14.3. The molecule has 0 bridgehead atoms. The minimum absolute atomic E-state index is 0.242. The van der Waals surface area contributed by atoms with Gasteiger partial charge < -0.3 is 15.2 Å². The van der Waals surface area contributed by atoms with Gasteiger partial charge in [-0.2, -0.15) is 13.2 Å². The van der Waals surface area contributed by atoms with Crippen molar-refractivity contribution in [3.63, 3.8) is 0 Å². The molecule has 0 spiro atoms. The predicted molar refractivity (Wildman–Crippen MR) is 55.2 cm³/mol. The van der Waals surface area contributed by atoms with Gasteiger partial charge in [-0.05, 0) is 12.1 Å². The monoisotopic (exact) mass is 275 g/mol. The predicted octanol–water partition coefficient (Wildman–Crippen LogP) is 1.73. The topological polar surface area (TPSA) is 75.6 Å². The van der Waals surface area contributed by atoms with Gasteiger partial charge in [-0.25, -0.2) is 9.59 Å². The number of rotatable bonds is 2. The first-order valence-electron chi connectivity index (χ1n) is 5.14. The van der Waals surface area contributed by atoms with Gasteiger partial charge in [0, 0.05) is 5.56 Å². The van der Waals surface area contributed by atoms with E-state index in [4.69, 9.17) is 5.11 Å². The summed E-state index contributed by atoms with van der Waals surface area (Å²) in [6, 6.07) is 3.70. The maximum absolute atomic E-state index is 12.6. The van der Waals surface area contributed by atoms with Gasteiger partial charge >= 0.3 is 18.2 Å². The average molecular weight is 275 g/mol. The second-order valence-corrected chi connectivity index (χ2v) is 3.95. The van der Waals surface area contributed by atoms with Crippen LogP contribution in [0, 0.1) is 0 Å². The van der Waals surface area contributed by atoms with E-state index in [1.54, 1.807) is 0 Å². The molecule has 102 valence electrons. The van der Waals surface area contributed by atoms with Crippen LogP contribution in [0.5, 0.6) is 0 Å². The zero-order valence-electron chi connectivity index (χ0n) is 9.32. The number of hydrogen-bond acceptors (Lipinski definition) is 3. The molecule has 1 unspecified atom stereocenters. The third-order valence-electron chi connectivity index (χ3n) is 2.75. The van der Waals surface area contributed by atoms with Gasteiger partial charge in [0.05, 0.1) is 12.1 Å². The maximum Gasteiger partial charge on any atom is 0.416 e. The number of benzene rings is 1. The minimum Gasteiger partial charge on any atom is -0.478 e. The highest BCUT2D eigenvalue weighted by Crippen LogP contribution is 2.35. The molecule has 1 aromatic rings. The lowest BCUT2D eigenvalue weighted by Crippen LogP contribution is -2.39. The fraction of sp³-hybridized carbons (Fsp3) is 0.273. The van der Waals surface area contributed by atoms with Crippen molar-refractivity contribution in [2.24, 2.45) is 0 Å². The minimum atomic E-state index is -4.61. The molecule has 1 aromatic carbocycles. The van der Waals surface area contributed by atoms with Crippen LogP contribution >= 0.6 is 0 Å². The molecule has 1 fully saturated rings. The molecule has 2 rings (SSSR count).